The van der Waals surface area contributed by atoms with Crippen molar-refractivity contribution in [2.24, 2.45) is 0 Å². The van der Waals surface area contributed by atoms with Crippen molar-refractivity contribution in [3.05, 3.63) is 17.3 Å². The van der Waals surface area contributed by atoms with Crippen molar-refractivity contribution in [2.45, 2.75) is 13.8 Å². The fourth-order valence-electron chi connectivity index (χ4n) is 1.32. The average molecular weight is 193 g/mol. The van der Waals surface area contributed by atoms with Crippen LogP contribution in [0, 0.1) is 6.92 Å². The summed E-state index contributed by atoms with van der Waals surface area (Å²) in [7, 11) is 0. The van der Waals surface area contributed by atoms with Gasteiger partial charge in [-0.25, -0.2) is 9.97 Å². The van der Waals surface area contributed by atoms with Crippen LogP contribution in [0.5, 0.6) is 0 Å². The molecule has 68 valence electrons. The maximum absolute atomic E-state index is 4.21. The molecule has 0 bridgehead atoms. The predicted molar refractivity (Wildman–Crippen MR) is 56.3 cm³/mol. The Hall–Kier alpha value is -1.16. The van der Waals surface area contributed by atoms with Gasteiger partial charge in [0, 0.05) is 6.54 Å². The van der Waals surface area contributed by atoms with Gasteiger partial charge in [0.1, 0.15) is 17.0 Å². The molecule has 0 aromatic carbocycles. The Morgan fingerprint density at radius 2 is 2.31 bits per heavy atom. The van der Waals surface area contributed by atoms with E-state index in [2.05, 4.69) is 34.5 Å². The van der Waals surface area contributed by atoms with Crippen molar-refractivity contribution in [1.82, 2.24) is 9.97 Å². The van der Waals surface area contributed by atoms with E-state index in [0.717, 1.165) is 22.6 Å². The van der Waals surface area contributed by atoms with Gasteiger partial charge in [0.15, 0.2) is 0 Å². The minimum Gasteiger partial charge on any atom is -0.370 e. The maximum atomic E-state index is 4.21. The quantitative estimate of drug-likeness (QED) is 0.796. The molecular weight excluding hydrogens is 182 g/mol. The molecule has 0 aliphatic rings. The zero-order valence-electron chi connectivity index (χ0n) is 7.66. The molecule has 0 saturated heterocycles. The Kier molecular flexibility index (Phi) is 2.14. The van der Waals surface area contributed by atoms with E-state index < -0.39 is 0 Å². The van der Waals surface area contributed by atoms with E-state index in [1.807, 2.05) is 0 Å². The molecular formula is C9H11N3S. The lowest BCUT2D eigenvalue weighted by atomic mass is 10.2. The minimum absolute atomic E-state index is 0.890. The fraction of sp³-hybridized carbons (Fsp3) is 0.333. The third-order valence-corrected chi connectivity index (χ3v) is 2.90. The molecule has 13 heavy (non-hydrogen) atoms. The molecule has 0 spiro atoms. The predicted octanol–water partition coefficient (Wildman–Crippen LogP) is 2.43. The van der Waals surface area contributed by atoms with E-state index in [4.69, 9.17) is 0 Å². The topological polar surface area (TPSA) is 37.8 Å². The summed E-state index contributed by atoms with van der Waals surface area (Å²) in [5.74, 6) is 0.950. The van der Waals surface area contributed by atoms with Crippen molar-refractivity contribution >= 4 is 27.4 Å². The largest absolute Gasteiger partial charge is 0.370 e. The van der Waals surface area contributed by atoms with Gasteiger partial charge in [-0.15, -0.1) is 11.3 Å². The molecule has 1 N–H and O–H groups in total. The van der Waals surface area contributed by atoms with Gasteiger partial charge in [0.2, 0.25) is 0 Å². The van der Waals surface area contributed by atoms with Crippen molar-refractivity contribution in [1.29, 1.82) is 0 Å². The van der Waals surface area contributed by atoms with Gasteiger partial charge in [-0.3, -0.25) is 0 Å². The molecule has 0 atom stereocenters. The Bertz CT molecular complexity index is 422. The summed E-state index contributed by atoms with van der Waals surface area (Å²) in [5.41, 5.74) is 1.25. The number of hydrogen-bond acceptors (Lipinski definition) is 4. The second-order valence-electron chi connectivity index (χ2n) is 2.85. The van der Waals surface area contributed by atoms with Crippen molar-refractivity contribution in [2.75, 3.05) is 11.9 Å². The number of fused-ring (bicyclic) bond motifs is 1. The normalized spacial score (nSPS) is 10.6. The van der Waals surface area contributed by atoms with Gasteiger partial charge >= 0.3 is 0 Å². The molecule has 0 saturated carbocycles. The van der Waals surface area contributed by atoms with Gasteiger partial charge in [-0.1, -0.05) is 0 Å². The molecule has 2 rings (SSSR count). The molecule has 0 radical (unpaired) electrons. The zero-order chi connectivity index (χ0) is 9.26. The fourth-order valence-corrected chi connectivity index (χ4v) is 2.21. The highest BCUT2D eigenvalue weighted by molar-refractivity contribution is 7.17. The Balaban J connectivity index is 2.65. The summed E-state index contributed by atoms with van der Waals surface area (Å²) in [5, 5.41) is 6.51. The van der Waals surface area contributed by atoms with Crippen LogP contribution in [0.25, 0.3) is 10.2 Å². The lowest BCUT2D eigenvalue weighted by Crippen LogP contribution is -1.99. The highest BCUT2D eigenvalue weighted by Crippen LogP contribution is 2.27. The number of hydrogen-bond donors (Lipinski definition) is 1. The zero-order valence-corrected chi connectivity index (χ0v) is 8.48. The molecule has 0 aliphatic carbocycles. The van der Waals surface area contributed by atoms with E-state index in [0.29, 0.717) is 0 Å². The van der Waals surface area contributed by atoms with Gasteiger partial charge in [0.05, 0.1) is 5.39 Å². The van der Waals surface area contributed by atoms with Crippen LogP contribution in [0.15, 0.2) is 11.7 Å². The van der Waals surface area contributed by atoms with E-state index >= 15 is 0 Å². The molecule has 2 aromatic rings. The van der Waals surface area contributed by atoms with E-state index in [1.54, 1.807) is 17.7 Å². The second-order valence-corrected chi connectivity index (χ2v) is 3.71. The van der Waals surface area contributed by atoms with Crippen LogP contribution in [0.2, 0.25) is 0 Å². The summed E-state index contributed by atoms with van der Waals surface area (Å²) in [4.78, 5) is 9.49. The number of aryl methyl sites for hydroxylation is 1. The van der Waals surface area contributed by atoms with Crippen LogP contribution in [0.4, 0.5) is 5.82 Å². The standard InChI is InChI=1S/C9H11N3S/c1-3-10-8-7-6(2)4-13-9(7)12-5-11-8/h4-5H,3H2,1-2H3,(H,10,11,12). The van der Waals surface area contributed by atoms with Crippen LogP contribution in [0.1, 0.15) is 12.5 Å². The Morgan fingerprint density at radius 3 is 3.08 bits per heavy atom. The number of thiophene rings is 1. The molecule has 4 heteroatoms. The molecule has 0 unspecified atom stereocenters. The first-order chi connectivity index (χ1) is 6.33. The highest BCUT2D eigenvalue weighted by Gasteiger charge is 2.06. The number of rotatable bonds is 2. The van der Waals surface area contributed by atoms with Crippen LogP contribution in [-0.4, -0.2) is 16.5 Å². The van der Waals surface area contributed by atoms with Gasteiger partial charge in [-0.2, -0.15) is 0 Å². The van der Waals surface area contributed by atoms with E-state index in [-0.39, 0.29) is 0 Å². The monoisotopic (exact) mass is 193 g/mol. The molecule has 0 aliphatic heterocycles. The van der Waals surface area contributed by atoms with E-state index in [1.165, 1.54) is 5.56 Å². The minimum atomic E-state index is 0.890. The second kappa shape index (κ2) is 3.30. The first kappa shape index (κ1) is 8.44. The summed E-state index contributed by atoms with van der Waals surface area (Å²) in [6, 6.07) is 0. The molecule has 0 amide bonds. The van der Waals surface area contributed by atoms with Gasteiger partial charge < -0.3 is 5.32 Å². The van der Waals surface area contributed by atoms with E-state index in [9.17, 15) is 0 Å². The number of nitrogens with zero attached hydrogens (tertiary/aromatic N) is 2. The third kappa shape index (κ3) is 1.37. The highest BCUT2D eigenvalue weighted by atomic mass is 32.1. The van der Waals surface area contributed by atoms with Gasteiger partial charge in [-0.05, 0) is 24.8 Å². The van der Waals surface area contributed by atoms with Gasteiger partial charge in [0.25, 0.3) is 0 Å². The van der Waals surface area contributed by atoms with Crippen molar-refractivity contribution in [3.63, 3.8) is 0 Å². The summed E-state index contributed by atoms with van der Waals surface area (Å²) >= 11 is 1.66. The average Bonchev–Trinajstić information content (AvgIpc) is 2.50. The summed E-state index contributed by atoms with van der Waals surface area (Å²) in [6.45, 7) is 5.04. The molecule has 3 nitrogen and oxygen atoms in total. The molecule has 2 aromatic heterocycles. The number of aromatic nitrogens is 2. The lowest BCUT2D eigenvalue weighted by Gasteiger charge is -2.02. The first-order valence-corrected chi connectivity index (χ1v) is 5.13. The first-order valence-electron chi connectivity index (χ1n) is 4.25. The Morgan fingerprint density at radius 1 is 1.46 bits per heavy atom. The van der Waals surface area contributed by atoms with Crippen LogP contribution in [0.3, 0.4) is 0 Å². The van der Waals surface area contributed by atoms with Crippen LogP contribution in [-0.2, 0) is 0 Å². The number of anilines is 1. The Labute approximate surface area is 80.8 Å². The third-order valence-electron chi connectivity index (χ3n) is 1.90. The SMILES string of the molecule is CCNc1ncnc2scc(C)c12. The van der Waals surface area contributed by atoms with Crippen LogP contribution < -0.4 is 5.32 Å². The summed E-state index contributed by atoms with van der Waals surface area (Å²) in [6.07, 6.45) is 1.61. The molecule has 0 fully saturated rings. The van der Waals surface area contributed by atoms with Crippen LogP contribution >= 0.6 is 11.3 Å². The maximum Gasteiger partial charge on any atom is 0.138 e. The molecule has 2 heterocycles. The smallest absolute Gasteiger partial charge is 0.138 e. The number of nitrogens with one attached hydrogen (secondary N) is 1. The summed E-state index contributed by atoms with van der Waals surface area (Å²) < 4.78 is 0. The lowest BCUT2D eigenvalue weighted by molar-refractivity contribution is 1.14. The van der Waals surface area contributed by atoms with Crippen molar-refractivity contribution in [3.8, 4) is 0 Å². The van der Waals surface area contributed by atoms with Crippen molar-refractivity contribution < 1.29 is 0 Å².